The largest absolute Gasteiger partial charge is 0.363 e. The van der Waals surface area contributed by atoms with E-state index in [1.807, 2.05) is 20.8 Å². The standard InChI is InChI=1S/C14H25N3O/c1-6-8-11(7-2)16-12-13(18)17(10-9-15-12)14(3,4)5/h9-11H,6-8H2,1-5H3,(H,15,16). The third-order valence-electron chi connectivity index (χ3n) is 3.03. The Balaban J connectivity index is 3.01. The van der Waals surface area contributed by atoms with Gasteiger partial charge < -0.3 is 9.88 Å². The van der Waals surface area contributed by atoms with Gasteiger partial charge in [0.25, 0.3) is 5.56 Å². The van der Waals surface area contributed by atoms with Crippen molar-refractivity contribution in [1.29, 1.82) is 0 Å². The molecule has 0 bridgehead atoms. The Bertz CT molecular complexity index is 431. The molecule has 0 aliphatic heterocycles. The van der Waals surface area contributed by atoms with Crippen LogP contribution >= 0.6 is 0 Å². The lowest BCUT2D eigenvalue weighted by Crippen LogP contribution is -2.36. The van der Waals surface area contributed by atoms with Crippen LogP contribution in [0.25, 0.3) is 0 Å². The first-order valence-corrected chi connectivity index (χ1v) is 6.74. The third-order valence-corrected chi connectivity index (χ3v) is 3.03. The van der Waals surface area contributed by atoms with Gasteiger partial charge in [0.05, 0.1) is 0 Å². The molecular weight excluding hydrogens is 226 g/mol. The molecule has 1 atom stereocenters. The zero-order valence-corrected chi connectivity index (χ0v) is 12.2. The molecule has 0 spiro atoms. The van der Waals surface area contributed by atoms with Gasteiger partial charge in [0.2, 0.25) is 0 Å². The van der Waals surface area contributed by atoms with Gasteiger partial charge in [-0.1, -0.05) is 20.3 Å². The zero-order valence-electron chi connectivity index (χ0n) is 12.2. The van der Waals surface area contributed by atoms with Crippen LogP contribution in [0.15, 0.2) is 17.2 Å². The van der Waals surface area contributed by atoms with Crippen molar-refractivity contribution < 1.29 is 0 Å². The number of nitrogens with zero attached hydrogens (tertiary/aromatic N) is 2. The molecule has 0 radical (unpaired) electrons. The van der Waals surface area contributed by atoms with Gasteiger partial charge in [0, 0.05) is 24.0 Å². The van der Waals surface area contributed by atoms with Crippen LogP contribution in [-0.2, 0) is 5.54 Å². The van der Waals surface area contributed by atoms with Crippen molar-refractivity contribution in [1.82, 2.24) is 9.55 Å². The van der Waals surface area contributed by atoms with E-state index >= 15 is 0 Å². The summed E-state index contributed by atoms with van der Waals surface area (Å²) in [6, 6.07) is 0.325. The first-order chi connectivity index (χ1) is 8.40. The van der Waals surface area contributed by atoms with E-state index in [2.05, 4.69) is 24.1 Å². The summed E-state index contributed by atoms with van der Waals surface area (Å²) in [4.78, 5) is 16.5. The Labute approximate surface area is 109 Å². The van der Waals surface area contributed by atoms with Gasteiger partial charge >= 0.3 is 0 Å². The van der Waals surface area contributed by atoms with Crippen LogP contribution in [0, 0.1) is 0 Å². The Morgan fingerprint density at radius 3 is 2.56 bits per heavy atom. The normalized spacial score (nSPS) is 13.4. The van der Waals surface area contributed by atoms with Crippen LogP contribution in [0.4, 0.5) is 5.82 Å². The number of hydrogen-bond donors (Lipinski definition) is 1. The van der Waals surface area contributed by atoms with E-state index in [-0.39, 0.29) is 11.1 Å². The fourth-order valence-electron chi connectivity index (χ4n) is 1.96. The van der Waals surface area contributed by atoms with Gasteiger partial charge in [-0.25, -0.2) is 4.98 Å². The van der Waals surface area contributed by atoms with Crippen molar-refractivity contribution in [2.75, 3.05) is 5.32 Å². The number of anilines is 1. The molecule has 1 unspecified atom stereocenters. The second-order valence-electron chi connectivity index (χ2n) is 5.66. The summed E-state index contributed by atoms with van der Waals surface area (Å²) >= 11 is 0. The number of hydrogen-bond acceptors (Lipinski definition) is 3. The van der Waals surface area contributed by atoms with E-state index in [4.69, 9.17) is 0 Å². The average molecular weight is 251 g/mol. The second-order valence-corrected chi connectivity index (χ2v) is 5.66. The van der Waals surface area contributed by atoms with Crippen molar-refractivity contribution in [2.45, 2.75) is 65.5 Å². The Kier molecular flexibility index (Phi) is 4.93. The summed E-state index contributed by atoms with van der Waals surface area (Å²) in [5, 5.41) is 3.27. The smallest absolute Gasteiger partial charge is 0.293 e. The Hall–Kier alpha value is -1.32. The molecule has 0 amide bonds. The van der Waals surface area contributed by atoms with E-state index in [0.717, 1.165) is 19.3 Å². The summed E-state index contributed by atoms with van der Waals surface area (Å²) < 4.78 is 1.72. The van der Waals surface area contributed by atoms with E-state index in [1.165, 1.54) is 0 Å². The highest BCUT2D eigenvalue weighted by Gasteiger charge is 2.17. The maximum atomic E-state index is 12.3. The molecule has 1 aromatic rings. The average Bonchev–Trinajstić information content (AvgIpc) is 2.29. The highest BCUT2D eigenvalue weighted by Crippen LogP contribution is 2.12. The molecule has 4 heteroatoms. The van der Waals surface area contributed by atoms with Gasteiger partial charge in [-0.05, 0) is 33.6 Å². The zero-order chi connectivity index (χ0) is 13.8. The van der Waals surface area contributed by atoms with Crippen LogP contribution in [0.1, 0.15) is 53.9 Å². The first kappa shape index (κ1) is 14.7. The van der Waals surface area contributed by atoms with Crippen LogP contribution in [0.2, 0.25) is 0 Å². The van der Waals surface area contributed by atoms with Crippen molar-refractivity contribution in [3.63, 3.8) is 0 Å². The maximum absolute atomic E-state index is 12.3. The fourth-order valence-corrected chi connectivity index (χ4v) is 1.96. The first-order valence-electron chi connectivity index (χ1n) is 6.74. The molecule has 0 fully saturated rings. The second kappa shape index (κ2) is 6.03. The van der Waals surface area contributed by atoms with Crippen LogP contribution in [0.3, 0.4) is 0 Å². The van der Waals surface area contributed by atoms with Crippen LogP contribution in [0.5, 0.6) is 0 Å². The molecule has 18 heavy (non-hydrogen) atoms. The van der Waals surface area contributed by atoms with E-state index < -0.39 is 0 Å². The van der Waals surface area contributed by atoms with Gasteiger partial charge in [0.1, 0.15) is 0 Å². The highest BCUT2D eigenvalue weighted by atomic mass is 16.1. The topological polar surface area (TPSA) is 46.9 Å². The molecule has 0 aliphatic rings. The molecule has 4 nitrogen and oxygen atoms in total. The minimum absolute atomic E-state index is 0.0421. The third kappa shape index (κ3) is 3.59. The predicted octanol–water partition coefficient (Wildman–Crippen LogP) is 2.99. The van der Waals surface area contributed by atoms with Gasteiger partial charge in [0.15, 0.2) is 5.82 Å². The summed E-state index contributed by atoms with van der Waals surface area (Å²) in [5.74, 6) is 0.465. The fraction of sp³-hybridized carbons (Fsp3) is 0.714. The highest BCUT2D eigenvalue weighted by molar-refractivity contribution is 5.32. The molecule has 0 saturated carbocycles. The van der Waals surface area contributed by atoms with E-state index in [0.29, 0.717) is 11.9 Å². The number of nitrogens with one attached hydrogen (secondary N) is 1. The Morgan fingerprint density at radius 1 is 1.39 bits per heavy atom. The van der Waals surface area contributed by atoms with Crippen LogP contribution < -0.4 is 10.9 Å². The summed E-state index contributed by atoms with van der Waals surface area (Å²) in [5.41, 5.74) is -0.261. The quantitative estimate of drug-likeness (QED) is 0.875. The molecular formula is C14H25N3O. The lowest BCUT2D eigenvalue weighted by Gasteiger charge is -2.23. The van der Waals surface area contributed by atoms with Crippen LogP contribution in [-0.4, -0.2) is 15.6 Å². The molecule has 102 valence electrons. The summed E-state index contributed by atoms with van der Waals surface area (Å²) in [6.07, 6.45) is 6.59. The molecule has 0 saturated heterocycles. The van der Waals surface area contributed by atoms with Crippen molar-refractivity contribution >= 4 is 5.82 Å². The van der Waals surface area contributed by atoms with E-state index in [1.54, 1.807) is 17.0 Å². The summed E-state index contributed by atoms with van der Waals surface area (Å²) in [7, 11) is 0. The van der Waals surface area contributed by atoms with E-state index in [9.17, 15) is 4.79 Å². The SMILES string of the molecule is CCCC(CC)Nc1nccn(C(C)(C)C)c1=O. The lowest BCUT2D eigenvalue weighted by molar-refractivity contribution is 0.383. The summed E-state index contributed by atoms with van der Waals surface area (Å²) in [6.45, 7) is 10.3. The molecule has 1 aromatic heterocycles. The molecule has 0 aromatic carbocycles. The monoisotopic (exact) mass is 251 g/mol. The molecule has 1 heterocycles. The minimum Gasteiger partial charge on any atom is -0.363 e. The van der Waals surface area contributed by atoms with Crippen molar-refractivity contribution in [2.24, 2.45) is 0 Å². The van der Waals surface area contributed by atoms with Gasteiger partial charge in [-0.15, -0.1) is 0 Å². The maximum Gasteiger partial charge on any atom is 0.293 e. The van der Waals surface area contributed by atoms with Gasteiger partial charge in [-0.3, -0.25) is 4.79 Å². The predicted molar refractivity (Wildman–Crippen MR) is 76.1 cm³/mol. The van der Waals surface area contributed by atoms with Gasteiger partial charge in [-0.2, -0.15) is 0 Å². The van der Waals surface area contributed by atoms with Crippen molar-refractivity contribution in [3.05, 3.63) is 22.7 Å². The lowest BCUT2D eigenvalue weighted by atomic mass is 10.1. The number of aromatic nitrogens is 2. The number of rotatable bonds is 5. The molecule has 0 aliphatic carbocycles. The molecule has 1 rings (SSSR count). The Morgan fingerprint density at radius 2 is 2.06 bits per heavy atom. The van der Waals surface area contributed by atoms with Crippen molar-refractivity contribution in [3.8, 4) is 0 Å². The molecule has 1 N–H and O–H groups in total. The minimum atomic E-state index is -0.219.